The summed E-state index contributed by atoms with van der Waals surface area (Å²) in [4.78, 5) is 29.9. The molecule has 8 heteroatoms. The molecule has 1 aromatic heterocycles. The molecule has 2 heterocycles. The molecular weight excluding hydrogens is 300 g/mol. The molecule has 8 nitrogen and oxygen atoms in total. The van der Waals surface area contributed by atoms with E-state index in [0.29, 0.717) is 19.6 Å². The van der Waals surface area contributed by atoms with Crippen LogP contribution in [0.15, 0.2) is 18.3 Å². The van der Waals surface area contributed by atoms with Crippen molar-refractivity contribution in [2.75, 3.05) is 24.5 Å². The van der Waals surface area contributed by atoms with Crippen LogP contribution in [0.2, 0.25) is 0 Å². The average molecular weight is 322 g/mol. The molecule has 23 heavy (non-hydrogen) atoms. The first-order chi connectivity index (χ1) is 10.7. The summed E-state index contributed by atoms with van der Waals surface area (Å²) >= 11 is 0. The second-order valence-corrected chi connectivity index (χ2v) is 6.60. The highest BCUT2D eigenvalue weighted by Crippen LogP contribution is 2.21. The fourth-order valence-corrected chi connectivity index (χ4v) is 2.46. The molecule has 0 aliphatic carbocycles. The van der Waals surface area contributed by atoms with Crippen LogP contribution in [-0.4, -0.2) is 52.2 Å². The van der Waals surface area contributed by atoms with Gasteiger partial charge in [-0.3, -0.25) is 0 Å². The maximum atomic E-state index is 12.2. The summed E-state index contributed by atoms with van der Waals surface area (Å²) in [6, 6.07) is 3.05. The summed E-state index contributed by atoms with van der Waals surface area (Å²) < 4.78 is 5.41. The molecule has 1 saturated heterocycles. The SMILES string of the molecule is C[C@@H]1CN(c2ccc([N+](=O)[O-])nc2)CCN1C(=O)OC(C)(C)C. The average Bonchev–Trinajstić information content (AvgIpc) is 2.45. The van der Waals surface area contributed by atoms with Gasteiger partial charge in [0.1, 0.15) is 5.60 Å². The van der Waals surface area contributed by atoms with E-state index in [9.17, 15) is 14.9 Å². The zero-order valence-electron chi connectivity index (χ0n) is 13.9. The number of piperazine rings is 1. The standard InChI is InChI=1S/C15H22N4O4/c1-11-10-17(12-5-6-13(16-9-12)19(21)22)7-8-18(11)14(20)23-15(2,3)4/h5-6,9,11H,7-8,10H2,1-4H3/t11-/m1/s1. The number of rotatable bonds is 2. The topological polar surface area (TPSA) is 88.8 Å². The Hall–Kier alpha value is -2.38. The molecule has 0 N–H and O–H groups in total. The minimum Gasteiger partial charge on any atom is -0.444 e. The van der Waals surface area contributed by atoms with Crippen molar-refractivity contribution in [3.05, 3.63) is 28.4 Å². The number of anilines is 1. The Kier molecular flexibility index (Phi) is 4.72. The van der Waals surface area contributed by atoms with Crippen LogP contribution >= 0.6 is 0 Å². The van der Waals surface area contributed by atoms with Crippen molar-refractivity contribution in [3.63, 3.8) is 0 Å². The number of aromatic nitrogens is 1. The van der Waals surface area contributed by atoms with E-state index in [1.165, 1.54) is 12.3 Å². The fraction of sp³-hybridized carbons (Fsp3) is 0.600. The quantitative estimate of drug-likeness (QED) is 0.614. The number of ether oxygens (including phenoxy) is 1. The largest absolute Gasteiger partial charge is 0.444 e. The zero-order valence-corrected chi connectivity index (χ0v) is 13.9. The number of hydrogen-bond acceptors (Lipinski definition) is 6. The number of carbonyl (C=O) groups excluding carboxylic acids is 1. The van der Waals surface area contributed by atoms with Gasteiger partial charge in [-0.2, -0.15) is 0 Å². The van der Waals surface area contributed by atoms with Crippen LogP contribution in [0.4, 0.5) is 16.3 Å². The molecule has 0 spiro atoms. The lowest BCUT2D eigenvalue weighted by molar-refractivity contribution is -0.389. The first-order valence-electron chi connectivity index (χ1n) is 7.52. The molecule has 0 radical (unpaired) electrons. The Morgan fingerprint density at radius 1 is 1.39 bits per heavy atom. The molecule has 0 unspecified atom stereocenters. The van der Waals surface area contributed by atoms with Crippen molar-refractivity contribution in [3.8, 4) is 0 Å². The van der Waals surface area contributed by atoms with Gasteiger partial charge in [0.15, 0.2) is 6.20 Å². The molecule has 1 amide bonds. The Balaban J connectivity index is 2.00. The van der Waals surface area contributed by atoms with Gasteiger partial charge < -0.3 is 24.7 Å². The Morgan fingerprint density at radius 3 is 2.57 bits per heavy atom. The van der Waals surface area contributed by atoms with Crippen molar-refractivity contribution in [1.82, 2.24) is 9.88 Å². The van der Waals surface area contributed by atoms with Crippen molar-refractivity contribution >= 4 is 17.6 Å². The highest BCUT2D eigenvalue weighted by Gasteiger charge is 2.31. The zero-order chi connectivity index (χ0) is 17.2. The summed E-state index contributed by atoms with van der Waals surface area (Å²) in [7, 11) is 0. The molecule has 1 aliphatic rings. The monoisotopic (exact) mass is 322 g/mol. The molecule has 2 rings (SSSR count). The minimum absolute atomic E-state index is 0.0196. The maximum absolute atomic E-state index is 12.2. The molecule has 0 saturated carbocycles. The van der Waals surface area contributed by atoms with Crippen molar-refractivity contribution in [2.24, 2.45) is 0 Å². The molecule has 1 fully saturated rings. The summed E-state index contributed by atoms with van der Waals surface area (Å²) in [5, 5.41) is 10.6. The smallest absolute Gasteiger partial charge is 0.410 e. The van der Waals surface area contributed by atoms with Gasteiger partial charge in [0.2, 0.25) is 0 Å². The third-order valence-corrected chi connectivity index (χ3v) is 3.54. The molecular formula is C15H22N4O4. The molecule has 126 valence electrons. The third kappa shape index (κ3) is 4.30. The van der Waals surface area contributed by atoms with Crippen LogP contribution in [0.3, 0.4) is 0 Å². The predicted molar refractivity (Wildman–Crippen MR) is 85.5 cm³/mol. The number of nitro groups is 1. The molecule has 1 atom stereocenters. The van der Waals surface area contributed by atoms with E-state index in [1.807, 2.05) is 27.7 Å². The van der Waals surface area contributed by atoms with E-state index in [2.05, 4.69) is 9.88 Å². The molecule has 1 aromatic rings. The second-order valence-electron chi connectivity index (χ2n) is 6.60. The highest BCUT2D eigenvalue weighted by molar-refractivity contribution is 5.69. The van der Waals surface area contributed by atoms with E-state index < -0.39 is 10.5 Å². The molecule has 0 bridgehead atoms. The van der Waals surface area contributed by atoms with Gasteiger partial charge in [-0.15, -0.1) is 0 Å². The van der Waals surface area contributed by atoms with Crippen LogP contribution in [0.1, 0.15) is 27.7 Å². The third-order valence-electron chi connectivity index (χ3n) is 3.54. The normalized spacial score (nSPS) is 18.7. The van der Waals surface area contributed by atoms with Crippen LogP contribution < -0.4 is 4.90 Å². The van der Waals surface area contributed by atoms with Crippen molar-refractivity contribution in [2.45, 2.75) is 39.3 Å². The van der Waals surface area contributed by atoms with Crippen LogP contribution in [0, 0.1) is 10.1 Å². The summed E-state index contributed by atoms with van der Waals surface area (Å²) in [6.45, 7) is 9.26. The fourth-order valence-electron chi connectivity index (χ4n) is 2.46. The minimum atomic E-state index is -0.521. The first-order valence-corrected chi connectivity index (χ1v) is 7.52. The number of amides is 1. The van der Waals surface area contributed by atoms with Crippen molar-refractivity contribution < 1.29 is 14.5 Å². The predicted octanol–water partition coefficient (Wildman–Crippen LogP) is 2.44. The lowest BCUT2D eigenvalue weighted by Crippen LogP contribution is -2.55. The van der Waals surface area contributed by atoms with Crippen LogP contribution in [0.5, 0.6) is 0 Å². The molecule has 1 aliphatic heterocycles. The maximum Gasteiger partial charge on any atom is 0.410 e. The van der Waals surface area contributed by atoms with Gasteiger partial charge >= 0.3 is 11.9 Å². The summed E-state index contributed by atoms with van der Waals surface area (Å²) in [5.41, 5.74) is 0.294. The van der Waals surface area contributed by atoms with Crippen LogP contribution in [-0.2, 0) is 4.74 Å². The number of nitrogens with zero attached hydrogens (tertiary/aromatic N) is 4. The summed E-state index contributed by atoms with van der Waals surface area (Å²) in [6.07, 6.45) is 1.18. The van der Waals surface area contributed by atoms with Gasteiger partial charge in [-0.05, 0) is 43.7 Å². The van der Waals surface area contributed by atoms with E-state index in [0.717, 1.165) is 5.69 Å². The van der Waals surface area contributed by atoms with Crippen LogP contribution in [0.25, 0.3) is 0 Å². The van der Waals surface area contributed by atoms with Gasteiger partial charge in [-0.25, -0.2) is 4.79 Å². The van der Waals surface area contributed by atoms with Crippen molar-refractivity contribution in [1.29, 1.82) is 0 Å². The first kappa shape index (κ1) is 17.0. The highest BCUT2D eigenvalue weighted by atomic mass is 16.6. The Morgan fingerprint density at radius 2 is 2.09 bits per heavy atom. The molecule has 0 aromatic carbocycles. The number of carbonyl (C=O) groups is 1. The Bertz CT molecular complexity index is 582. The Labute approximate surface area is 135 Å². The summed E-state index contributed by atoms with van der Waals surface area (Å²) in [5.74, 6) is -0.172. The van der Waals surface area contributed by atoms with Gasteiger partial charge in [0.05, 0.1) is 5.69 Å². The van der Waals surface area contributed by atoms with E-state index >= 15 is 0 Å². The van der Waals surface area contributed by atoms with Gasteiger partial charge in [-0.1, -0.05) is 0 Å². The van der Waals surface area contributed by atoms with Gasteiger partial charge in [0, 0.05) is 31.7 Å². The lowest BCUT2D eigenvalue weighted by Gasteiger charge is -2.40. The van der Waals surface area contributed by atoms with E-state index in [1.54, 1.807) is 11.0 Å². The van der Waals surface area contributed by atoms with E-state index in [4.69, 9.17) is 4.74 Å². The number of pyridine rings is 1. The lowest BCUT2D eigenvalue weighted by atomic mass is 10.1. The second kappa shape index (κ2) is 6.39. The number of hydrogen-bond donors (Lipinski definition) is 0. The van der Waals surface area contributed by atoms with E-state index in [-0.39, 0.29) is 18.0 Å². The van der Waals surface area contributed by atoms with Gasteiger partial charge in [0.25, 0.3) is 0 Å².